The lowest BCUT2D eigenvalue weighted by molar-refractivity contribution is 0.100. The monoisotopic (exact) mass is 220 g/mol. The molecule has 1 heterocycles. The Bertz CT molecular complexity index is 398. The summed E-state index contributed by atoms with van der Waals surface area (Å²) in [5.41, 5.74) is 6.77. The minimum atomic E-state index is -0.400. The van der Waals surface area contributed by atoms with Gasteiger partial charge in [-0.1, -0.05) is 0 Å². The first kappa shape index (κ1) is 10.8. The summed E-state index contributed by atoms with van der Waals surface area (Å²) in [7, 11) is 1.64. The number of carbonyl (C=O) groups is 1. The number of ether oxygens (including phenoxy) is 1. The first-order chi connectivity index (χ1) is 7.72. The second kappa shape index (κ2) is 4.43. The molecule has 0 unspecified atom stereocenters. The molecule has 0 atom stereocenters. The molecule has 0 radical (unpaired) electrons. The predicted molar refractivity (Wildman–Crippen MR) is 63.0 cm³/mol. The fraction of sp³-hybridized carbons (Fsp3) is 0.417. The Kier molecular flexibility index (Phi) is 2.99. The molecule has 1 aromatic carbocycles. The molecule has 4 heteroatoms. The van der Waals surface area contributed by atoms with Crippen molar-refractivity contribution < 1.29 is 9.53 Å². The largest absolute Gasteiger partial charge is 0.495 e. The zero-order valence-electron chi connectivity index (χ0n) is 9.40. The first-order valence-corrected chi connectivity index (χ1v) is 5.45. The number of nitrogens with zero attached hydrogens (tertiary/aromatic N) is 1. The molecule has 1 amide bonds. The summed E-state index contributed by atoms with van der Waals surface area (Å²) in [6.45, 7) is 2.02. The average Bonchev–Trinajstić information content (AvgIpc) is 2.81. The van der Waals surface area contributed by atoms with Gasteiger partial charge in [0.25, 0.3) is 0 Å². The number of anilines is 1. The normalized spacial score (nSPS) is 15.2. The van der Waals surface area contributed by atoms with Crippen molar-refractivity contribution in [2.24, 2.45) is 5.73 Å². The van der Waals surface area contributed by atoms with Crippen LogP contribution in [0.4, 0.5) is 5.69 Å². The summed E-state index contributed by atoms with van der Waals surface area (Å²) in [5.74, 6) is 0.398. The molecule has 1 fully saturated rings. The third-order valence-electron chi connectivity index (χ3n) is 2.91. The third-order valence-corrected chi connectivity index (χ3v) is 2.91. The molecule has 4 nitrogen and oxygen atoms in total. The van der Waals surface area contributed by atoms with Crippen molar-refractivity contribution in [3.05, 3.63) is 23.8 Å². The maximum absolute atomic E-state index is 11.1. The molecule has 0 spiro atoms. The molecule has 2 rings (SSSR count). The van der Waals surface area contributed by atoms with Crippen LogP contribution in [0.3, 0.4) is 0 Å². The van der Waals surface area contributed by atoms with E-state index in [4.69, 9.17) is 10.5 Å². The van der Waals surface area contributed by atoms with Gasteiger partial charge >= 0.3 is 0 Å². The van der Waals surface area contributed by atoms with Crippen molar-refractivity contribution in [2.45, 2.75) is 12.8 Å². The van der Waals surface area contributed by atoms with Crippen molar-refractivity contribution in [1.29, 1.82) is 0 Å². The number of benzene rings is 1. The van der Waals surface area contributed by atoms with Crippen molar-refractivity contribution in [1.82, 2.24) is 0 Å². The summed E-state index contributed by atoms with van der Waals surface area (Å²) in [6.07, 6.45) is 2.37. The van der Waals surface area contributed by atoms with Crippen LogP contribution in [0.1, 0.15) is 23.2 Å². The minimum absolute atomic E-state index is 0.400. The van der Waals surface area contributed by atoms with E-state index < -0.39 is 5.91 Å². The van der Waals surface area contributed by atoms with E-state index in [2.05, 4.69) is 4.90 Å². The topological polar surface area (TPSA) is 55.6 Å². The molecule has 0 aromatic heterocycles. The Hall–Kier alpha value is -1.71. The fourth-order valence-electron chi connectivity index (χ4n) is 2.05. The highest BCUT2D eigenvalue weighted by atomic mass is 16.5. The molecular weight excluding hydrogens is 204 g/mol. The van der Waals surface area contributed by atoms with Gasteiger partial charge in [0.05, 0.1) is 12.8 Å². The van der Waals surface area contributed by atoms with Crippen molar-refractivity contribution in [3.63, 3.8) is 0 Å². The van der Waals surface area contributed by atoms with Crippen LogP contribution in [-0.4, -0.2) is 26.1 Å². The number of primary amides is 1. The summed E-state index contributed by atoms with van der Waals surface area (Å²) >= 11 is 0. The number of hydrogen-bond acceptors (Lipinski definition) is 3. The molecule has 1 saturated heterocycles. The van der Waals surface area contributed by atoms with E-state index in [1.807, 2.05) is 6.07 Å². The fourth-order valence-corrected chi connectivity index (χ4v) is 2.05. The van der Waals surface area contributed by atoms with Gasteiger partial charge in [-0.2, -0.15) is 0 Å². The maximum atomic E-state index is 11.1. The Morgan fingerprint density at radius 2 is 2.06 bits per heavy atom. The van der Waals surface area contributed by atoms with Crippen molar-refractivity contribution in [3.8, 4) is 5.75 Å². The Morgan fingerprint density at radius 1 is 1.38 bits per heavy atom. The van der Waals surface area contributed by atoms with Gasteiger partial charge in [-0.15, -0.1) is 0 Å². The summed E-state index contributed by atoms with van der Waals surface area (Å²) in [4.78, 5) is 13.4. The van der Waals surface area contributed by atoms with Crippen LogP contribution < -0.4 is 15.4 Å². The van der Waals surface area contributed by atoms with Gasteiger partial charge < -0.3 is 15.4 Å². The van der Waals surface area contributed by atoms with Crippen molar-refractivity contribution in [2.75, 3.05) is 25.1 Å². The van der Waals surface area contributed by atoms with Gasteiger partial charge in [-0.3, -0.25) is 4.79 Å². The van der Waals surface area contributed by atoms with E-state index >= 15 is 0 Å². The molecular formula is C12H16N2O2. The Labute approximate surface area is 95.0 Å². The van der Waals surface area contributed by atoms with Gasteiger partial charge in [-0.05, 0) is 31.0 Å². The Morgan fingerprint density at radius 3 is 2.62 bits per heavy atom. The van der Waals surface area contributed by atoms with E-state index in [1.54, 1.807) is 19.2 Å². The Balaban J connectivity index is 2.38. The lowest BCUT2D eigenvalue weighted by atomic mass is 10.1. The van der Waals surface area contributed by atoms with Gasteiger partial charge in [0.1, 0.15) is 5.75 Å². The number of methoxy groups -OCH3 is 1. The first-order valence-electron chi connectivity index (χ1n) is 5.45. The van der Waals surface area contributed by atoms with Crippen molar-refractivity contribution >= 4 is 11.6 Å². The second-order valence-electron chi connectivity index (χ2n) is 3.95. The van der Waals surface area contributed by atoms with Crippen LogP contribution >= 0.6 is 0 Å². The van der Waals surface area contributed by atoms with Gasteiger partial charge in [0.15, 0.2) is 0 Å². The van der Waals surface area contributed by atoms with Gasteiger partial charge in [0.2, 0.25) is 5.91 Å². The molecule has 0 bridgehead atoms. The summed E-state index contributed by atoms with van der Waals surface area (Å²) in [6, 6.07) is 5.31. The number of rotatable bonds is 3. The zero-order chi connectivity index (χ0) is 11.5. The number of carbonyl (C=O) groups excluding carboxylic acids is 1. The zero-order valence-corrected chi connectivity index (χ0v) is 9.40. The van der Waals surface area contributed by atoms with E-state index in [0.29, 0.717) is 5.56 Å². The van der Waals surface area contributed by atoms with E-state index in [-0.39, 0.29) is 0 Å². The highest BCUT2D eigenvalue weighted by Gasteiger charge is 2.17. The van der Waals surface area contributed by atoms with Crippen LogP contribution in [0.2, 0.25) is 0 Å². The highest BCUT2D eigenvalue weighted by Crippen LogP contribution is 2.31. The second-order valence-corrected chi connectivity index (χ2v) is 3.95. The molecule has 1 aromatic rings. The predicted octanol–water partition coefficient (Wildman–Crippen LogP) is 1.39. The number of nitrogens with two attached hydrogens (primary N) is 1. The summed E-state index contributed by atoms with van der Waals surface area (Å²) in [5, 5.41) is 0. The van der Waals surface area contributed by atoms with E-state index in [9.17, 15) is 4.79 Å². The number of amides is 1. The molecule has 16 heavy (non-hydrogen) atoms. The third kappa shape index (κ3) is 1.96. The van der Waals surface area contributed by atoms with E-state index in [0.717, 1.165) is 24.5 Å². The molecule has 0 saturated carbocycles. The molecule has 0 aliphatic carbocycles. The highest BCUT2D eigenvalue weighted by molar-refractivity contribution is 5.94. The lowest BCUT2D eigenvalue weighted by Crippen LogP contribution is -2.20. The SMILES string of the molecule is COc1ccc(C(N)=O)cc1N1CCCC1. The molecule has 1 aliphatic rings. The van der Waals surface area contributed by atoms with E-state index in [1.165, 1.54) is 12.8 Å². The van der Waals surface area contributed by atoms with Gasteiger partial charge in [-0.25, -0.2) is 0 Å². The van der Waals surface area contributed by atoms with Crippen LogP contribution in [0.5, 0.6) is 5.75 Å². The summed E-state index contributed by atoms with van der Waals surface area (Å²) < 4.78 is 5.30. The lowest BCUT2D eigenvalue weighted by Gasteiger charge is -2.20. The maximum Gasteiger partial charge on any atom is 0.248 e. The smallest absolute Gasteiger partial charge is 0.248 e. The molecule has 2 N–H and O–H groups in total. The van der Waals surface area contributed by atoms with Crippen LogP contribution in [-0.2, 0) is 0 Å². The van der Waals surface area contributed by atoms with Gasteiger partial charge in [0, 0.05) is 18.7 Å². The molecule has 86 valence electrons. The number of hydrogen-bond donors (Lipinski definition) is 1. The quantitative estimate of drug-likeness (QED) is 0.837. The van der Waals surface area contributed by atoms with Crippen LogP contribution in [0.25, 0.3) is 0 Å². The molecule has 1 aliphatic heterocycles. The minimum Gasteiger partial charge on any atom is -0.495 e. The van der Waals surface area contributed by atoms with Crippen LogP contribution in [0, 0.1) is 0 Å². The standard InChI is InChI=1S/C12H16N2O2/c1-16-11-5-4-9(12(13)15)8-10(11)14-6-2-3-7-14/h4-5,8H,2-3,6-7H2,1H3,(H2,13,15). The van der Waals surface area contributed by atoms with Crippen LogP contribution in [0.15, 0.2) is 18.2 Å². The average molecular weight is 220 g/mol.